The number of nitrogens with one attached hydrogen (secondary N) is 1. The first-order chi connectivity index (χ1) is 10.8. The summed E-state index contributed by atoms with van der Waals surface area (Å²) in [6.07, 6.45) is 4.36. The minimum Gasteiger partial charge on any atom is -0.352 e. The Morgan fingerprint density at radius 1 is 1.26 bits per heavy atom. The van der Waals surface area contributed by atoms with E-state index in [4.69, 9.17) is 11.6 Å². The normalized spacial score (nSPS) is 22.1. The highest BCUT2D eigenvalue weighted by Crippen LogP contribution is 2.23. The van der Waals surface area contributed by atoms with E-state index in [0.717, 1.165) is 23.6 Å². The second-order valence-corrected chi connectivity index (χ2v) is 8.63. The zero-order valence-electron chi connectivity index (χ0n) is 13.5. The lowest BCUT2D eigenvalue weighted by molar-refractivity contribution is -0.122. The van der Waals surface area contributed by atoms with Crippen molar-refractivity contribution in [2.75, 3.05) is 13.6 Å². The molecule has 1 aromatic carbocycles. The van der Waals surface area contributed by atoms with Gasteiger partial charge in [-0.1, -0.05) is 31.4 Å². The second kappa shape index (κ2) is 7.64. The minimum atomic E-state index is -3.69. The molecule has 0 aliphatic heterocycles. The molecule has 1 aromatic rings. The maximum atomic E-state index is 12.4. The zero-order valence-corrected chi connectivity index (χ0v) is 15.0. The molecule has 0 aromatic heterocycles. The van der Waals surface area contributed by atoms with Crippen molar-refractivity contribution in [1.29, 1.82) is 0 Å². The number of sulfonamides is 1. The van der Waals surface area contributed by atoms with Crippen LogP contribution in [0, 0.1) is 5.92 Å². The van der Waals surface area contributed by atoms with Gasteiger partial charge in [0.2, 0.25) is 15.9 Å². The van der Waals surface area contributed by atoms with Crippen LogP contribution in [0.2, 0.25) is 5.02 Å². The van der Waals surface area contributed by atoms with Gasteiger partial charge in [0, 0.05) is 18.1 Å². The number of benzene rings is 1. The average molecular weight is 359 g/mol. The van der Waals surface area contributed by atoms with Crippen LogP contribution in [0.3, 0.4) is 0 Å². The van der Waals surface area contributed by atoms with Crippen LogP contribution in [0.5, 0.6) is 0 Å². The Labute approximate surface area is 143 Å². The standard InChI is InChI=1S/C16H23ClN2O3S/c1-12-5-3-4-6-15(12)18-16(20)11-19(2)23(21,22)14-9-7-13(17)8-10-14/h7-10,12,15H,3-6,11H2,1-2H3,(H,18,20). The number of hydrogen-bond donors (Lipinski definition) is 1. The molecule has 0 bridgehead atoms. The predicted molar refractivity (Wildman–Crippen MR) is 90.8 cm³/mol. The second-order valence-electron chi connectivity index (χ2n) is 6.15. The maximum Gasteiger partial charge on any atom is 0.243 e. The van der Waals surface area contributed by atoms with Crippen LogP contribution in [0.15, 0.2) is 29.2 Å². The smallest absolute Gasteiger partial charge is 0.243 e. The van der Waals surface area contributed by atoms with Gasteiger partial charge in [-0.05, 0) is 43.0 Å². The summed E-state index contributed by atoms with van der Waals surface area (Å²) in [6, 6.07) is 6.06. The van der Waals surface area contributed by atoms with Crippen molar-refractivity contribution in [3.63, 3.8) is 0 Å². The predicted octanol–water partition coefficient (Wildman–Crippen LogP) is 2.66. The molecule has 1 fully saturated rings. The van der Waals surface area contributed by atoms with Crippen molar-refractivity contribution < 1.29 is 13.2 Å². The summed E-state index contributed by atoms with van der Waals surface area (Å²) in [5, 5.41) is 3.43. The Morgan fingerprint density at radius 2 is 1.87 bits per heavy atom. The summed E-state index contributed by atoms with van der Waals surface area (Å²) in [5.41, 5.74) is 0. The van der Waals surface area contributed by atoms with Crippen LogP contribution in [0.4, 0.5) is 0 Å². The number of amides is 1. The molecule has 1 aliphatic carbocycles. The van der Waals surface area contributed by atoms with Crippen molar-refractivity contribution >= 4 is 27.5 Å². The van der Waals surface area contributed by atoms with Crippen LogP contribution in [0.1, 0.15) is 32.6 Å². The number of carbonyl (C=O) groups excluding carboxylic acids is 1. The molecule has 1 amide bonds. The number of halogens is 1. The van der Waals surface area contributed by atoms with Crippen molar-refractivity contribution in [2.24, 2.45) is 5.92 Å². The minimum absolute atomic E-state index is 0.128. The molecule has 0 radical (unpaired) electrons. The van der Waals surface area contributed by atoms with E-state index in [1.807, 2.05) is 0 Å². The zero-order chi connectivity index (χ0) is 17.0. The summed E-state index contributed by atoms with van der Waals surface area (Å²) in [4.78, 5) is 12.3. The van der Waals surface area contributed by atoms with Crippen LogP contribution in [0.25, 0.3) is 0 Å². The molecule has 23 heavy (non-hydrogen) atoms. The molecule has 5 nitrogen and oxygen atoms in total. The lowest BCUT2D eigenvalue weighted by Crippen LogP contribution is -2.46. The third kappa shape index (κ3) is 4.68. The summed E-state index contributed by atoms with van der Waals surface area (Å²) < 4.78 is 25.9. The quantitative estimate of drug-likeness (QED) is 0.879. The van der Waals surface area contributed by atoms with Crippen molar-refractivity contribution in [2.45, 2.75) is 43.5 Å². The molecule has 2 rings (SSSR count). The van der Waals surface area contributed by atoms with Gasteiger partial charge in [0.25, 0.3) is 0 Å². The van der Waals surface area contributed by atoms with E-state index in [2.05, 4.69) is 12.2 Å². The number of rotatable bonds is 5. The first-order valence-electron chi connectivity index (χ1n) is 7.82. The van der Waals surface area contributed by atoms with E-state index in [1.54, 1.807) is 0 Å². The molecule has 1 N–H and O–H groups in total. The maximum absolute atomic E-state index is 12.4. The van der Waals surface area contributed by atoms with Crippen molar-refractivity contribution in [1.82, 2.24) is 9.62 Å². The van der Waals surface area contributed by atoms with Crippen LogP contribution < -0.4 is 5.32 Å². The molecule has 128 valence electrons. The molecule has 2 atom stereocenters. The topological polar surface area (TPSA) is 66.5 Å². The molecule has 2 unspecified atom stereocenters. The van der Waals surface area contributed by atoms with Gasteiger partial charge >= 0.3 is 0 Å². The number of hydrogen-bond acceptors (Lipinski definition) is 3. The Hall–Kier alpha value is -1.11. The molecule has 1 saturated carbocycles. The lowest BCUT2D eigenvalue weighted by atomic mass is 9.86. The van der Waals surface area contributed by atoms with E-state index < -0.39 is 10.0 Å². The molecule has 0 saturated heterocycles. The SMILES string of the molecule is CC1CCCCC1NC(=O)CN(C)S(=O)(=O)c1ccc(Cl)cc1. The van der Waals surface area contributed by atoms with Gasteiger partial charge in [-0.15, -0.1) is 0 Å². The summed E-state index contributed by atoms with van der Waals surface area (Å²) >= 11 is 5.78. The molecule has 7 heteroatoms. The highest BCUT2D eigenvalue weighted by molar-refractivity contribution is 7.89. The van der Waals surface area contributed by atoms with Gasteiger partial charge in [0.1, 0.15) is 0 Å². The first-order valence-corrected chi connectivity index (χ1v) is 9.64. The third-order valence-electron chi connectivity index (χ3n) is 4.35. The highest BCUT2D eigenvalue weighted by atomic mass is 35.5. The molecule has 0 heterocycles. The van der Waals surface area contributed by atoms with E-state index in [0.29, 0.717) is 10.9 Å². The first kappa shape index (κ1) is 18.2. The average Bonchev–Trinajstić information content (AvgIpc) is 2.50. The number of carbonyl (C=O) groups is 1. The van der Waals surface area contributed by atoms with Crippen molar-refractivity contribution in [3.05, 3.63) is 29.3 Å². The summed E-state index contributed by atoms with van der Waals surface area (Å²) in [6.45, 7) is 1.94. The van der Waals surface area contributed by atoms with E-state index in [1.165, 1.54) is 37.7 Å². The Kier molecular flexibility index (Phi) is 6.06. The number of nitrogens with zero attached hydrogens (tertiary/aromatic N) is 1. The largest absolute Gasteiger partial charge is 0.352 e. The monoisotopic (exact) mass is 358 g/mol. The number of likely N-dealkylation sites (N-methyl/N-ethyl adjacent to an activating group) is 1. The van der Waals surface area contributed by atoms with Crippen LogP contribution in [-0.2, 0) is 14.8 Å². The van der Waals surface area contributed by atoms with Gasteiger partial charge in [-0.2, -0.15) is 4.31 Å². The summed E-state index contributed by atoms with van der Waals surface area (Å²) in [7, 11) is -2.28. The van der Waals surface area contributed by atoms with Gasteiger partial charge in [-0.3, -0.25) is 4.79 Å². The van der Waals surface area contributed by atoms with Crippen LogP contribution >= 0.6 is 11.6 Å². The lowest BCUT2D eigenvalue weighted by Gasteiger charge is -2.30. The van der Waals surface area contributed by atoms with E-state index >= 15 is 0 Å². The molecular weight excluding hydrogens is 336 g/mol. The molecular formula is C16H23ClN2O3S. The van der Waals surface area contributed by atoms with Gasteiger partial charge in [-0.25, -0.2) is 8.42 Å². The highest BCUT2D eigenvalue weighted by Gasteiger charge is 2.26. The van der Waals surface area contributed by atoms with Crippen LogP contribution in [-0.4, -0.2) is 38.3 Å². The van der Waals surface area contributed by atoms with Gasteiger partial charge < -0.3 is 5.32 Å². The summed E-state index contributed by atoms with van der Waals surface area (Å²) in [5.74, 6) is 0.176. The fourth-order valence-electron chi connectivity index (χ4n) is 2.86. The fraction of sp³-hybridized carbons (Fsp3) is 0.562. The Balaban J connectivity index is 1.98. The fourth-order valence-corrected chi connectivity index (χ4v) is 4.11. The molecule has 0 spiro atoms. The third-order valence-corrected chi connectivity index (χ3v) is 6.42. The van der Waals surface area contributed by atoms with E-state index in [9.17, 15) is 13.2 Å². The Morgan fingerprint density at radius 3 is 2.48 bits per heavy atom. The van der Waals surface area contributed by atoms with Gasteiger partial charge in [0.05, 0.1) is 11.4 Å². The van der Waals surface area contributed by atoms with E-state index in [-0.39, 0.29) is 23.4 Å². The van der Waals surface area contributed by atoms with Gasteiger partial charge in [0.15, 0.2) is 0 Å². The molecule has 1 aliphatic rings. The van der Waals surface area contributed by atoms with Crippen molar-refractivity contribution in [3.8, 4) is 0 Å². The Bertz CT molecular complexity index is 646.